The molecule has 2 aromatic rings. The van der Waals surface area contributed by atoms with E-state index in [4.69, 9.17) is 14.3 Å². The van der Waals surface area contributed by atoms with Crippen LogP contribution >= 0.6 is 0 Å². The van der Waals surface area contributed by atoms with E-state index in [1.807, 2.05) is 0 Å². The van der Waals surface area contributed by atoms with Crippen LogP contribution in [0.2, 0.25) is 0 Å². The summed E-state index contributed by atoms with van der Waals surface area (Å²) in [4.78, 5) is 25.9. The highest BCUT2D eigenvalue weighted by molar-refractivity contribution is 5.59. The third-order valence-electron chi connectivity index (χ3n) is 3.59. The zero-order valence-electron chi connectivity index (χ0n) is 11.2. The molecule has 3 heterocycles. The molecule has 2 aromatic heterocycles. The van der Waals surface area contributed by atoms with Gasteiger partial charge in [0.05, 0.1) is 24.7 Å². The number of H-pyrrole nitrogens is 1. The van der Waals surface area contributed by atoms with E-state index < -0.39 is 42.4 Å². The summed E-state index contributed by atoms with van der Waals surface area (Å²) >= 11 is 0. The predicted molar refractivity (Wildman–Crippen MR) is 72.0 cm³/mol. The first-order valence-electron chi connectivity index (χ1n) is 6.53. The highest BCUT2D eigenvalue weighted by Gasteiger charge is 2.43. The predicted octanol–water partition coefficient (Wildman–Crippen LogP) is -1.59. The van der Waals surface area contributed by atoms with Crippen LogP contribution in [0.3, 0.4) is 0 Å². The van der Waals surface area contributed by atoms with Crippen molar-refractivity contribution in [2.75, 3.05) is 6.61 Å². The zero-order valence-corrected chi connectivity index (χ0v) is 11.2. The van der Waals surface area contributed by atoms with Gasteiger partial charge >= 0.3 is 5.69 Å². The van der Waals surface area contributed by atoms with Crippen molar-refractivity contribution in [2.24, 2.45) is 0 Å². The molecule has 1 aliphatic heterocycles. The van der Waals surface area contributed by atoms with Crippen LogP contribution in [0, 0.1) is 0 Å². The summed E-state index contributed by atoms with van der Waals surface area (Å²) in [6.45, 7) is -0.512. The minimum atomic E-state index is -1.42. The summed E-state index contributed by atoms with van der Waals surface area (Å²) in [6.07, 6.45) is -1.08. The molecule has 118 valence electrons. The fraction of sp³-hybridized carbons (Fsp3) is 0.385. The van der Waals surface area contributed by atoms with Gasteiger partial charge in [0.1, 0.15) is 18.3 Å². The molecule has 4 atom stereocenters. The molecule has 1 saturated heterocycles. The van der Waals surface area contributed by atoms with Crippen molar-refractivity contribution in [3.05, 3.63) is 45.6 Å². The Morgan fingerprint density at radius 2 is 2.05 bits per heavy atom. The van der Waals surface area contributed by atoms with Crippen molar-refractivity contribution in [3.8, 4) is 11.1 Å². The van der Waals surface area contributed by atoms with Gasteiger partial charge in [-0.15, -0.1) is 0 Å². The molecule has 0 spiro atoms. The van der Waals surface area contributed by atoms with Crippen LogP contribution in [0.1, 0.15) is 6.23 Å². The van der Waals surface area contributed by atoms with E-state index in [1.54, 1.807) is 0 Å². The van der Waals surface area contributed by atoms with E-state index in [1.165, 1.54) is 24.8 Å². The van der Waals surface area contributed by atoms with Crippen molar-refractivity contribution < 1.29 is 24.5 Å². The summed E-state index contributed by atoms with van der Waals surface area (Å²) in [5.74, 6) is 0. The van der Waals surface area contributed by atoms with Gasteiger partial charge in [-0.3, -0.25) is 14.3 Å². The van der Waals surface area contributed by atoms with Crippen LogP contribution in [0.15, 0.2) is 38.8 Å². The molecule has 0 amide bonds. The van der Waals surface area contributed by atoms with E-state index in [9.17, 15) is 19.8 Å². The Labute approximate surface area is 123 Å². The molecule has 0 aliphatic carbocycles. The van der Waals surface area contributed by atoms with Crippen LogP contribution in [0.25, 0.3) is 11.1 Å². The number of hydrogen-bond donors (Lipinski definition) is 4. The van der Waals surface area contributed by atoms with Crippen LogP contribution < -0.4 is 11.2 Å². The SMILES string of the molecule is O=c1[nH]c(=O)n([C@@H]2O[C@H](CO)[C@@H](O)[C@H]2O)cc1-c1ccoc1. The topological polar surface area (TPSA) is 138 Å². The number of aliphatic hydroxyl groups is 3. The van der Waals surface area contributed by atoms with E-state index in [0.717, 1.165) is 4.57 Å². The largest absolute Gasteiger partial charge is 0.472 e. The first-order valence-corrected chi connectivity index (χ1v) is 6.53. The summed E-state index contributed by atoms with van der Waals surface area (Å²) in [7, 11) is 0. The quantitative estimate of drug-likeness (QED) is 0.536. The molecule has 9 nitrogen and oxygen atoms in total. The lowest BCUT2D eigenvalue weighted by Crippen LogP contribution is -2.38. The van der Waals surface area contributed by atoms with Crippen molar-refractivity contribution in [3.63, 3.8) is 0 Å². The second-order valence-electron chi connectivity index (χ2n) is 4.95. The molecular formula is C13H14N2O7. The highest BCUT2D eigenvalue weighted by Crippen LogP contribution is 2.28. The molecule has 9 heteroatoms. The Kier molecular flexibility index (Phi) is 3.71. The van der Waals surface area contributed by atoms with Crippen molar-refractivity contribution in [1.82, 2.24) is 9.55 Å². The maximum atomic E-state index is 11.9. The van der Waals surface area contributed by atoms with Gasteiger partial charge in [-0.05, 0) is 6.07 Å². The molecule has 0 aromatic carbocycles. The normalized spacial score (nSPS) is 28.1. The number of hydrogen-bond acceptors (Lipinski definition) is 7. The number of nitrogens with zero attached hydrogens (tertiary/aromatic N) is 1. The fourth-order valence-electron chi connectivity index (χ4n) is 2.41. The van der Waals surface area contributed by atoms with Gasteiger partial charge < -0.3 is 24.5 Å². The first-order chi connectivity index (χ1) is 10.5. The fourth-order valence-corrected chi connectivity index (χ4v) is 2.41. The zero-order chi connectivity index (χ0) is 15.9. The van der Waals surface area contributed by atoms with Gasteiger partial charge in [0, 0.05) is 11.8 Å². The standard InChI is InChI=1S/C13H14N2O7/c16-4-8-9(17)10(18)12(22-8)15-3-7(6-1-2-21-5-6)11(19)14-13(15)20/h1-3,5,8-10,12,16-18H,4H2,(H,14,19,20)/t8-,9-,10-,12-/m1/s1. The lowest BCUT2D eigenvalue weighted by atomic mass is 10.1. The molecule has 3 rings (SSSR count). The first kappa shape index (κ1) is 14.7. The number of aromatic amines is 1. The summed E-state index contributed by atoms with van der Waals surface area (Å²) in [5.41, 5.74) is -0.825. The molecule has 0 saturated carbocycles. The van der Waals surface area contributed by atoms with Crippen LogP contribution in [0.4, 0.5) is 0 Å². The number of rotatable bonds is 3. The lowest BCUT2D eigenvalue weighted by molar-refractivity contribution is -0.0549. The summed E-state index contributed by atoms with van der Waals surface area (Å²) in [5, 5.41) is 28.8. The summed E-state index contributed by atoms with van der Waals surface area (Å²) in [6, 6.07) is 1.54. The number of nitrogens with one attached hydrogen (secondary N) is 1. The summed E-state index contributed by atoms with van der Waals surface area (Å²) < 4.78 is 11.1. The third-order valence-corrected chi connectivity index (χ3v) is 3.59. The highest BCUT2D eigenvalue weighted by atomic mass is 16.6. The molecule has 1 fully saturated rings. The average Bonchev–Trinajstić information content (AvgIpc) is 3.10. The van der Waals surface area contributed by atoms with Gasteiger partial charge in [-0.2, -0.15) is 0 Å². The van der Waals surface area contributed by atoms with Crippen molar-refractivity contribution >= 4 is 0 Å². The Morgan fingerprint density at radius 3 is 2.64 bits per heavy atom. The van der Waals surface area contributed by atoms with Crippen molar-refractivity contribution in [1.29, 1.82) is 0 Å². The minimum Gasteiger partial charge on any atom is -0.472 e. The smallest absolute Gasteiger partial charge is 0.330 e. The molecule has 4 N–H and O–H groups in total. The van der Waals surface area contributed by atoms with Gasteiger partial charge in [-0.1, -0.05) is 0 Å². The van der Waals surface area contributed by atoms with Crippen LogP contribution in [0.5, 0.6) is 0 Å². The van der Waals surface area contributed by atoms with E-state index in [0.29, 0.717) is 5.56 Å². The number of ether oxygens (including phenoxy) is 1. The minimum absolute atomic E-state index is 0.145. The molecule has 1 aliphatic rings. The van der Waals surface area contributed by atoms with Crippen LogP contribution in [-0.2, 0) is 4.74 Å². The number of furan rings is 1. The third kappa shape index (κ3) is 2.29. The molecule has 0 radical (unpaired) electrons. The molecule has 0 bridgehead atoms. The second-order valence-corrected chi connectivity index (χ2v) is 4.95. The van der Waals surface area contributed by atoms with E-state index >= 15 is 0 Å². The Balaban J connectivity index is 2.07. The van der Waals surface area contributed by atoms with Gasteiger partial charge in [0.15, 0.2) is 6.23 Å². The monoisotopic (exact) mass is 310 g/mol. The lowest BCUT2D eigenvalue weighted by Gasteiger charge is -2.17. The van der Waals surface area contributed by atoms with E-state index in [-0.39, 0.29) is 5.56 Å². The second kappa shape index (κ2) is 5.54. The van der Waals surface area contributed by atoms with Crippen LogP contribution in [-0.4, -0.2) is 49.8 Å². The molecular weight excluding hydrogens is 296 g/mol. The number of aliphatic hydroxyl groups excluding tert-OH is 3. The maximum absolute atomic E-state index is 11.9. The molecule has 0 unspecified atom stereocenters. The van der Waals surface area contributed by atoms with E-state index in [2.05, 4.69) is 4.98 Å². The average molecular weight is 310 g/mol. The maximum Gasteiger partial charge on any atom is 0.330 e. The molecule has 22 heavy (non-hydrogen) atoms. The van der Waals surface area contributed by atoms with Crippen molar-refractivity contribution in [2.45, 2.75) is 24.5 Å². The Bertz CT molecular complexity index is 763. The van der Waals surface area contributed by atoms with Gasteiger partial charge in [-0.25, -0.2) is 4.79 Å². The number of aromatic nitrogens is 2. The Hall–Kier alpha value is -2.20. The van der Waals surface area contributed by atoms with Gasteiger partial charge in [0.2, 0.25) is 0 Å². The Morgan fingerprint density at radius 1 is 1.27 bits per heavy atom. The van der Waals surface area contributed by atoms with Gasteiger partial charge in [0.25, 0.3) is 5.56 Å².